The maximum Gasteiger partial charge on any atom is 0.138 e. The number of likely N-dealkylation sites (tertiary alicyclic amines) is 1. The second-order valence-corrected chi connectivity index (χ2v) is 6.86. The minimum Gasteiger partial charge on any atom is -0.300 e. The zero-order chi connectivity index (χ0) is 15.5. The molecule has 1 atom stereocenters. The van der Waals surface area contributed by atoms with Gasteiger partial charge in [0.15, 0.2) is 0 Å². The third-order valence-electron chi connectivity index (χ3n) is 5.39. The van der Waals surface area contributed by atoms with E-state index in [-0.39, 0.29) is 0 Å². The molecule has 0 radical (unpaired) electrons. The summed E-state index contributed by atoms with van der Waals surface area (Å²) in [5, 5.41) is 4.46. The van der Waals surface area contributed by atoms with Gasteiger partial charge in [0, 0.05) is 30.9 Å². The van der Waals surface area contributed by atoms with Crippen molar-refractivity contribution < 1.29 is 0 Å². The van der Waals surface area contributed by atoms with Crippen LogP contribution in [0.1, 0.15) is 56.7 Å². The smallest absolute Gasteiger partial charge is 0.138 e. The molecule has 0 aromatic carbocycles. The van der Waals surface area contributed by atoms with Crippen LogP contribution < -0.4 is 0 Å². The van der Waals surface area contributed by atoms with Crippen molar-refractivity contribution >= 4 is 0 Å². The van der Waals surface area contributed by atoms with Gasteiger partial charge in [-0.2, -0.15) is 5.10 Å². The maximum atomic E-state index is 4.60. The minimum absolute atomic E-state index is 0.487. The second kappa shape index (κ2) is 6.79. The Labute approximate surface area is 137 Å². The molecule has 0 spiro atoms. The van der Waals surface area contributed by atoms with Crippen molar-refractivity contribution in [2.75, 3.05) is 13.1 Å². The number of rotatable bonds is 3. The Kier molecular flexibility index (Phi) is 4.37. The van der Waals surface area contributed by atoms with Gasteiger partial charge in [0.1, 0.15) is 12.2 Å². The molecule has 2 fully saturated rings. The zero-order valence-corrected chi connectivity index (χ0v) is 13.6. The van der Waals surface area contributed by atoms with Crippen molar-refractivity contribution in [3.05, 3.63) is 36.7 Å². The number of hydrogen-bond acceptors (Lipinski definition) is 4. The van der Waals surface area contributed by atoms with Gasteiger partial charge in [0.05, 0.1) is 5.69 Å². The Hall–Kier alpha value is -1.75. The lowest BCUT2D eigenvalue weighted by Gasteiger charge is -2.39. The second-order valence-electron chi connectivity index (χ2n) is 6.86. The summed E-state index contributed by atoms with van der Waals surface area (Å²) in [7, 11) is 0. The first kappa shape index (κ1) is 14.8. The van der Waals surface area contributed by atoms with Crippen LogP contribution in [0.2, 0.25) is 0 Å². The summed E-state index contributed by atoms with van der Waals surface area (Å²) in [4.78, 5) is 11.4. The lowest BCUT2D eigenvalue weighted by molar-refractivity contribution is 0.116. The van der Waals surface area contributed by atoms with E-state index in [9.17, 15) is 0 Å². The van der Waals surface area contributed by atoms with E-state index in [1.165, 1.54) is 51.5 Å². The van der Waals surface area contributed by atoms with Crippen LogP contribution in [-0.4, -0.2) is 43.8 Å². The van der Waals surface area contributed by atoms with E-state index in [4.69, 9.17) is 0 Å². The fraction of sp³-hybridized carbons (Fsp3) is 0.611. The first-order valence-corrected chi connectivity index (χ1v) is 8.96. The van der Waals surface area contributed by atoms with Gasteiger partial charge in [0.2, 0.25) is 0 Å². The Morgan fingerprint density at radius 1 is 0.957 bits per heavy atom. The molecule has 1 saturated heterocycles. The molecule has 0 amide bonds. The molecule has 0 bridgehead atoms. The molecule has 23 heavy (non-hydrogen) atoms. The molecule has 122 valence electrons. The van der Waals surface area contributed by atoms with E-state index >= 15 is 0 Å². The fourth-order valence-corrected chi connectivity index (χ4v) is 4.21. The van der Waals surface area contributed by atoms with Gasteiger partial charge >= 0.3 is 0 Å². The Morgan fingerprint density at radius 2 is 1.78 bits per heavy atom. The monoisotopic (exact) mass is 311 g/mol. The summed E-state index contributed by atoms with van der Waals surface area (Å²) >= 11 is 0. The van der Waals surface area contributed by atoms with E-state index < -0.39 is 0 Å². The highest BCUT2D eigenvalue weighted by Gasteiger charge is 2.30. The predicted octanol–water partition coefficient (Wildman–Crippen LogP) is 3.17. The molecule has 2 aromatic rings. The van der Waals surface area contributed by atoms with Gasteiger partial charge in [-0.25, -0.2) is 9.67 Å². The third-order valence-corrected chi connectivity index (χ3v) is 5.39. The summed E-state index contributed by atoms with van der Waals surface area (Å²) in [6, 6.07) is 4.80. The van der Waals surface area contributed by atoms with E-state index in [0.29, 0.717) is 5.92 Å². The standard InChI is InChI=1S/C18H25N5/c1-2-6-16(7-3-1)22-12-4-5-15(13-22)18-20-14-21-23(18)17-8-10-19-11-9-17/h8-11,14-16H,1-7,12-13H2. The van der Waals surface area contributed by atoms with Crippen molar-refractivity contribution in [2.45, 2.75) is 56.9 Å². The van der Waals surface area contributed by atoms with Gasteiger partial charge in [-0.15, -0.1) is 0 Å². The number of aromatic nitrogens is 4. The molecule has 0 N–H and O–H groups in total. The number of nitrogens with zero attached hydrogens (tertiary/aromatic N) is 5. The maximum absolute atomic E-state index is 4.60. The lowest BCUT2D eigenvalue weighted by atomic mass is 9.90. The minimum atomic E-state index is 0.487. The Bertz CT molecular complexity index is 617. The fourth-order valence-electron chi connectivity index (χ4n) is 4.21. The molecule has 1 unspecified atom stereocenters. The van der Waals surface area contributed by atoms with Gasteiger partial charge in [-0.3, -0.25) is 9.88 Å². The van der Waals surface area contributed by atoms with E-state index in [1.807, 2.05) is 29.2 Å². The summed E-state index contributed by atoms with van der Waals surface area (Å²) in [5.74, 6) is 1.60. The summed E-state index contributed by atoms with van der Waals surface area (Å²) in [6.07, 6.45) is 14.8. The summed E-state index contributed by atoms with van der Waals surface area (Å²) in [5.41, 5.74) is 1.06. The van der Waals surface area contributed by atoms with E-state index in [0.717, 1.165) is 24.1 Å². The number of pyridine rings is 1. The SMILES string of the molecule is c1cc(-n2ncnc2C2CCCN(C3CCCCC3)C2)ccn1. The molecule has 3 heterocycles. The average Bonchev–Trinajstić information content (AvgIpc) is 3.13. The van der Waals surface area contributed by atoms with Crippen LogP contribution in [0.5, 0.6) is 0 Å². The molecule has 5 heteroatoms. The first-order valence-electron chi connectivity index (χ1n) is 8.96. The van der Waals surface area contributed by atoms with Crippen molar-refractivity contribution in [1.29, 1.82) is 0 Å². The van der Waals surface area contributed by atoms with Gasteiger partial charge in [0.25, 0.3) is 0 Å². The zero-order valence-electron chi connectivity index (χ0n) is 13.6. The van der Waals surface area contributed by atoms with Crippen LogP contribution in [0.15, 0.2) is 30.9 Å². The average molecular weight is 311 g/mol. The molecular formula is C18H25N5. The molecule has 2 aliphatic rings. The van der Waals surface area contributed by atoms with E-state index in [1.54, 1.807) is 6.33 Å². The van der Waals surface area contributed by atoms with Crippen LogP contribution in [0.4, 0.5) is 0 Å². The van der Waals surface area contributed by atoms with Gasteiger partial charge in [-0.1, -0.05) is 19.3 Å². The molecule has 2 aromatic heterocycles. The van der Waals surface area contributed by atoms with E-state index in [2.05, 4.69) is 20.0 Å². The topological polar surface area (TPSA) is 46.8 Å². The summed E-state index contributed by atoms with van der Waals surface area (Å²) < 4.78 is 2.00. The van der Waals surface area contributed by atoms with Crippen molar-refractivity contribution in [3.63, 3.8) is 0 Å². The molecule has 1 aliphatic heterocycles. The lowest BCUT2D eigenvalue weighted by Crippen LogP contribution is -2.43. The molecule has 1 aliphatic carbocycles. The molecular weight excluding hydrogens is 286 g/mol. The predicted molar refractivity (Wildman–Crippen MR) is 89.6 cm³/mol. The normalized spacial score (nSPS) is 23.9. The van der Waals surface area contributed by atoms with Crippen LogP contribution in [0.3, 0.4) is 0 Å². The highest BCUT2D eigenvalue weighted by Crippen LogP contribution is 2.31. The number of piperidine rings is 1. The van der Waals surface area contributed by atoms with Crippen LogP contribution in [-0.2, 0) is 0 Å². The summed E-state index contributed by atoms with van der Waals surface area (Å²) in [6.45, 7) is 2.39. The third kappa shape index (κ3) is 3.15. The van der Waals surface area contributed by atoms with Crippen molar-refractivity contribution in [2.24, 2.45) is 0 Å². The van der Waals surface area contributed by atoms with Crippen molar-refractivity contribution in [1.82, 2.24) is 24.6 Å². The quantitative estimate of drug-likeness (QED) is 0.873. The van der Waals surface area contributed by atoms with Gasteiger partial charge < -0.3 is 0 Å². The number of hydrogen-bond donors (Lipinski definition) is 0. The van der Waals surface area contributed by atoms with Crippen LogP contribution in [0, 0.1) is 0 Å². The van der Waals surface area contributed by atoms with Crippen LogP contribution in [0.25, 0.3) is 5.69 Å². The molecule has 1 saturated carbocycles. The molecule has 4 rings (SSSR count). The Morgan fingerprint density at radius 3 is 2.61 bits per heavy atom. The first-order chi connectivity index (χ1) is 11.4. The molecule has 5 nitrogen and oxygen atoms in total. The van der Waals surface area contributed by atoms with Gasteiger partial charge in [-0.05, 0) is 44.4 Å². The Balaban J connectivity index is 1.53. The van der Waals surface area contributed by atoms with Crippen molar-refractivity contribution in [3.8, 4) is 5.69 Å². The van der Waals surface area contributed by atoms with Crippen LogP contribution >= 0.6 is 0 Å². The highest BCUT2D eigenvalue weighted by atomic mass is 15.3. The largest absolute Gasteiger partial charge is 0.300 e. The highest BCUT2D eigenvalue weighted by molar-refractivity contribution is 5.29.